The normalized spacial score (nSPS) is 14.3. The maximum atomic E-state index is 14.3. The second kappa shape index (κ2) is 20.4. The van der Waals surface area contributed by atoms with Gasteiger partial charge in [0.05, 0.1) is 31.2 Å². The molecule has 12 heteroatoms. The molecule has 2 aromatic heterocycles. The Kier molecular flexibility index (Phi) is 13.1. The van der Waals surface area contributed by atoms with E-state index in [1.807, 2.05) is 115 Å². The van der Waals surface area contributed by atoms with Crippen molar-refractivity contribution < 1.29 is 27.9 Å². The van der Waals surface area contributed by atoms with Gasteiger partial charge in [0.1, 0.15) is 0 Å². The molecule has 0 amide bonds. The van der Waals surface area contributed by atoms with Crippen molar-refractivity contribution in [2.24, 2.45) is 5.10 Å². The van der Waals surface area contributed by atoms with Gasteiger partial charge < -0.3 is 18.3 Å². The first-order valence-corrected chi connectivity index (χ1v) is 25.5. The SMILES string of the molecule is COC(=O)C1=C(C(=O)OC)C2(c3cc(C#CC#Cc4ccc(-c5nnc(-c6ccc(C(C)(C)C)cc6)o5)cc4)ccc3-c3ccc(C#CC#Cc4ccc(-c5nnc(-c6ccc(C(C)(C)C)cc6)o5)cc4)cc32)C2C=CC=NN12. The van der Waals surface area contributed by atoms with Gasteiger partial charge in [0, 0.05) is 50.7 Å². The first-order chi connectivity index (χ1) is 38.1. The number of rotatable bonds is 6. The first-order valence-electron chi connectivity index (χ1n) is 25.5. The van der Waals surface area contributed by atoms with Crippen molar-refractivity contribution in [3.8, 4) is 104 Å². The highest BCUT2D eigenvalue weighted by Gasteiger charge is 2.63. The standard InChI is InChI=1S/C67H50N6O6/c1-65(2,3)50-33-29-48(30-34-50)61-71-69-59(78-61)46-25-19-42(20-26-46)14-9-11-16-44-23-37-52-53-38-24-45(41-55(53)67(54(52)40-44)56-18-13-39-68-73(56)58(64(75)77-8)57(67)63(74)76-7)17-12-10-15-43-21-27-47(28-22-43)60-70-72-62(79-60)49-31-35-51(36-32-49)66(4,5)6/h13,18-41,56H,1-8H3. The molecule has 79 heavy (non-hydrogen) atoms. The molecule has 11 rings (SSSR count). The van der Waals surface area contributed by atoms with E-state index in [2.05, 4.69) is 139 Å². The number of carbonyl (C=O) groups is 2. The molecule has 384 valence electrons. The van der Waals surface area contributed by atoms with Gasteiger partial charge in [-0.3, -0.25) is 0 Å². The fourth-order valence-electron chi connectivity index (χ4n) is 10.1. The molecule has 8 aromatic rings. The number of aromatic nitrogens is 4. The van der Waals surface area contributed by atoms with Gasteiger partial charge in [0.25, 0.3) is 0 Å². The average molecular weight is 1040 g/mol. The topological polar surface area (TPSA) is 146 Å². The lowest BCUT2D eigenvalue weighted by atomic mass is 9.67. The summed E-state index contributed by atoms with van der Waals surface area (Å²) in [6.07, 6.45) is 5.28. The second-order valence-corrected chi connectivity index (χ2v) is 21.1. The summed E-state index contributed by atoms with van der Waals surface area (Å²) in [6.45, 7) is 13.0. The monoisotopic (exact) mass is 1030 g/mol. The lowest BCUT2D eigenvalue weighted by Crippen LogP contribution is -2.44. The number of hydrogen-bond acceptors (Lipinski definition) is 12. The number of hydrazone groups is 1. The quantitative estimate of drug-likeness (QED) is 0.116. The number of benzene rings is 6. The molecule has 1 aliphatic carbocycles. The Morgan fingerprint density at radius 2 is 0.873 bits per heavy atom. The van der Waals surface area contributed by atoms with Crippen molar-refractivity contribution in [1.29, 1.82) is 0 Å². The minimum atomic E-state index is -1.32. The molecular weight excluding hydrogens is 985 g/mol. The molecule has 0 bridgehead atoms. The van der Waals surface area contributed by atoms with Crippen LogP contribution in [-0.2, 0) is 35.3 Å². The molecule has 1 unspecified atom stereocenters. The van der Waals surface area contributed by atoms with Gasteiger partial charge in [0.2, 0.25) is 23.6 Å². The van der Waals surface area contributed by atoms with Crippen LogP contribution in [0.4, 0.5) is 0 Å². The highest BCUT2D eigenvalue weighted by Crippen LogP contribution is 2.61. The molecule has 0 fully saturated rings. The van der Waals surface area contributed by atoms with E-state index in [1.165, 1.54) is 30.4 Å². The lowest BCUT2D eigenvalue weighted by molar-refractivity contribution is -0.140. The highest BCUT2D eigenvalue weighted by molar-refractivity contribution is 6.07. The summed E-state index contributed by atoms with van der Waals surface area (Å²) in [4.78, 5) is 28.1. The third-order valence-electron chi connectivity index (χ3n) is 14.1. The molecule has 4 heterocycles. The summed E-state index contributed by atoms with van der Waals surface area (Å²) >= 11 is 0. The van der Waals surface area contributed by atoms with Gasteiger partial charge in [0.15, 0.2) is 5.70 Å². The zero-order valence-corrected chi connectivity index (χ0v) is 44.6. The number of hydrogen-bond donors (Lipinski definition) is 0. The Morgan fingerprint density at radius 1 is 0.506 bits per heavy atom. The Morgan fingerprint density at radius 3 is 1.25 bits per heavy atom. The molecular formula is C67H50N6O6. The molecule has 2 aliphatic heterocycles. The maximum Gasteiger partial charge on any atom is 0.356 e. The van der Waals surface area contributed by atoms with E-state index in [0.29, 0.717) is 34.7 Å². The summed E-state index contributed by atoms with van der Waals surface area (Å²) < 4.78 is 22.9. The van der Waals surface area contributed by atoms with Crippen LogP contribution < -0.4 is 0 Å². The van der Waals surface area contributed by atoms with Crippen LogP contribution in [0.25, 0.3) is 56.9 Å². The van der Waals surface area contributed by atoms with Gasteiger partial charge in [-0.25, -0.2) is 14.6 Å². The summed E-state index contributed by atoms with van der Waals surface area (Å²) in [5, 5.41) is 23.3. The fraction of sp³-hybridized carbons (Fsp3) is 0.179. The number of fused-ring (bicyclic) bond motifs is 7. The molecule has 1 atom stereocenters. The summed E-state index contributed by atoms with van der Waals surface area (Å²) in [5.41, 5.74) is 10.3. The number of esters is 2. The number of methoxy groups -OCH3 is 2. The lowest BCUT2D eigenvalue weighted by Gasteiger charge is -2.36. The number of carbonyl (C=O) groups excluding carboxylic acids is 2. The van der Waals surface area contributed by atoms with E-state index in [9.17, 15) is 9.59 Å². The zero-order valence-electron chi connectivity index (χ0n) is 44.6. The van der Waals surface area contributed by atoms with Crippen molar-refractivity contribution in [2.75, 3.05) is 14.2 Å². The third kappa shape index (κ3) is 9.58. The number of allylic oxidation sites excluding steroid dienone is 1. The van der Waals surface area contributed by atoms with Gasteiger partial charge in [-0.15, -0.1) is 20.4 Å². The Labute approximate surface area is 458 Å². The van der Waals surface area contributed by atoms with Crippen LogP contribution in [-0.4, -0.2) is 63.8 Å². The maximum absolute atomic E-state index is 14.3. The Bertz CT molecular complexity index is 3890. The zero-order chi connectivity index (χ0) is 55.1. The van der Waals surface area contributed by atoms with Crippen molar-refractivity contribution in [1.82, 2.24) is 25.4 Å². The van der Waals surface area contributed by atoms with Crippen LogP contribution in [0.5, 0.6) is 0 Å². The summed E-state index contributed by atoms with van der Waals surface area (Å²) in [7, 11) is 2.56. The van der Waals surface area contributed by atoms with Crippen molar-refractivity contribution in [3.63, 3.8) is 0 Å². The minimum absolute atomic E-state index is 0.0312. The predicted molar refractivity (Wildman–Crippen MR) is 302 cm³/mol. The molecule has 0 saturated carbocycles. The second-order valence-electron chi connectivity index (χ2n) is 21.1. The largest absolute Gasteiger partial charge is 0.466 e. The third-order valence-corrected chi connectivity index (χ3v) is 14.1. The van der Waals surface area contributed by atoms with Crippen LogP contribution >= 0.6 is 0 Å². The van der Waals surface area contributed by atoms with Crippen molar-refractivity contribution >= 4 is 18.2 Å². The number of nitrogens with zero attached hydrogens (tertiary/aromatic N) is 6. The Balaban J connectivity index is 0.869. The van der Waals surface area contributed by atoms with E-state index >= 15 is 0 Å². The molecule has 1 spiro atoms. The van der Waals surface area contributed by atoms with E-state index in [4.69, 9.17) is 18.3 Å². The molecule has 3 aliphatic rings. The van der Waals surface area contributed by atoms with Gasteiger partial charge in [-0.2, -0.15) is 5.10 Å². The van der Waals surface area contributed by atoms with Crippen molar-refractivity contribution in [3.05, 3.63) is 201 Å². The van der Waals surface area contributed by atoms with Gasteiger partial charge in [-0.1, -0.05) is 108 Å². The van der Waals surface area contributed by atoms with E-state index in [1.54, 1.807) is 12.3 Å². The average Bonchev–Trinajstić information content (AvgIpc) is 2.32. The molecule has 6 aromatic carbocycles. The molecule has 0 N–H and O–H groups in total. The van der Waals surface area contributed by atoms with Gasteiger partial charge >= 0.3 is 11.9 Å². The summed E-state index contributed by atoms with van der Waals surface area (Å²) in [6, 6.07) is 42.3. The highest BCUT2D eigenvalue weighted by atomic mass is 16.5. The van der Waals surface area contributed by atoms with Crippen LogP contribution in [0.15, 0.2) is 171 Å². The fourth-order valence-corrected chi connectivity index (χ4v) is 10.1. The number of ether oxygens (including phenoxy) is 2. The molecule has 0 saturated heterocycles. The van der Waals surface area contributed by atoms with Crippen LogP contribution in [0.2, 0.25) is 0 Å². The van der Waals surface area contributed by atoms with Crippen LogP contribution in [0, 0.1) is 47.4 Å². The minimum Gasteiger partial charge on any atom is -0.466 e. The van der Waals surface area contributed by atoms with Crippen molar-refractivity contribution in [2.45, 2.75) is 63.8 Å². The van der Waals surface area contributed by atoms with E-state index in [0.717, 1.165) is 55.6 Å². The molecule has 12 nitrogen and oxygen atoms in total. The van der Waals surface area contributed by atoms with Gasteiger partial charge in [-0.05, 0) is 171 Å². The predicted octanol–water partition coefficient (Wildman–Crippen LogP) is 11.6. The van der Waals surface area contributed by atoms with E-state index in [-0.39, 0.29) is 22.1 Å². The first kappa shape index (κ1) is 50.9. The molecule has 0 radical (unpaired) electrons. The van der Waals surface area contributed by atoms with Crippen LogP contribution in [0.1, 0.15) is 86.1 Å². The summed E-state index contributed by atoms with van der Waals surface area (Å²) in [5.74, 6) is 24.9. The Hall–Kier alpha value is -10.3. The van der Waals surface area contributed by atoms with Crippen LogP contribution in [0.3, 0.4) is 0 Å². The smallest absolute Gasteiger partial charge is 0.356 e. The van der Waals surface area contributed by atoms with E-state index < -0.39 is 23.4 Å².